The maximum absolute atomic E-state index is 13.3. The predicted molar refractivity (Wildman–Crippen MR) is 150 cm³/mol. The minimum Gasteiger partial charge on any atom is -0.385 e. The average Bonchev–Trinajstić information content (AvgIpc) is 3.65. The molecule has 3 unspecified atom stereocenters. The Morgan fingerprint density at radius 1 is 0.905 bits per heavy atom. The SMILES string of the molecule is CC1(c2ccc([C@H]3C[C@@]4(C)C(CC[C@@]4(O)/C=C/C(F)(F)F)C4CC[C@@]5(O)CC6(CCCO6)CCC5=C43)cc2)OCCO1. The highest BCUT2D eigenvalue weighted by Gasteiger charge is 2.64. The molecule has 2 heterocycles. The molecule has 7 rings (SSSR count). The van der Waals surface area contributed by atoms with Crippen molar-refractivity contribution in [1.82, 2.24) is 0 Å². The molecule has 5 nitrogen and oxygen atoms in total. The number of hydrogen-bond donors (Lipinski definition) is 2. The highest BCUT2D eigenvalue weighted by Crippen LogP contribution is 2.68. The van der Waals surface area contributed by atoms with Crippen LogP contribution in [0.1, 0.15) is 95.1 Å². The van der Waals surface area contributed by atoms with Gasteiger partial charge in [-0.3, -0.25) is 0 Å². The third kappa shape index (κ3) is 4.46. The molecule has 2 N–H and O–H groups in total. The Bertz CT molecular complexity index is 1270. The van der Waals surface area contributed by atoms with E-state index in [0.29, 0.717) is 45.3 Å². The van der Waals surface area contributed by atoms with Crippen molar-refractivity contribution in [3.8, 4) is 0 Å². The zero-order valence-corrected chi connectivity index (χ0v) is 24.6. The summed E-state index contributed by atoms with van der Waals surface area (Å²) in [4.78, 5) is 0. The summed E-state index contributed by atoms with van der Waals surface area (Å²) in [5, 5.41) is 24.2. The third-order valence-corrected chi connectivity index (χ3v) is 12.2. The van der Waals surface area contributed by atoms with Crippen molar-refractivity contribution in [3.05, 3.63) is 58.7 Å². The number of benzene rings is 1. The lowest BCUT2D eigenvalue weighted by Gasteiger charge is -2.57. The largest absolute Gasteiger partial charge is 0.409 e. The summed E-state index contributed by atoms with van der Waals surface area (Å²) in [5.74, 6) is -0.770. The molecule has 42 heavy (non-hydrogen) atoms. The molecule has 2 saturated heterocycles. The number of rotatable bonds is 3. The highest BCUT2D eigenvalue weighted by atomic mass is 19.4. The van der Waals surface area contributed by atoms with Crippen molar-refractivity contribution in [2.75, 3.05) is 19.8 Å². The standard InChI is InChI=1S/C34H43F3O5/c1-29-20-25(22-4-6-23(7-5-22)30(2)40-18-19-41-30)28-24(26(29)10-14-33(29,39)15-16-34(35,36)37)8-13-32(38)21-31(11-3-17-42-31)12-9-27(28)32/h4-7,15-16,24-26,38-39H,3,8-14,17-21H2,1-2H3/b16-15+/t24?,25-,26?,29+,31?,32-,33-/m1/s1. The van der Waals surface area contributed by atoms with Gasteiger partial charge in [0.1, 0.15) is 0 Å². The van der Waals surface area contributed by atoms with Gasteiger partial charge in [0.05, 0.1) is 30.0 Å². The Balaban J connectivity index is 1.32. The molecule has 0 amide bonds. The van der Waals surface area contributed by atoms with Crippen molar-refractivity contribution < 1.29 is 37.6 Å². The second-order valence-electron chi connectivity index (χ2n) is 14.3. The van der Waals surface area contributed by atoms with E-state index in [4.69, 9.17) is 14.2 Å². The molecule has 1 aromatic carbocycles. The molecule has 3 saturated carbocycles. The van der Waals surface area contributed by atoms with Crippen LogP contribution in [0.25, 0.3) is 0 Å². The first-order chi connectivity index (χ1) is 19.8. The van der Waals surface area contributed by atoms with Gasteiger partial charge in [0, 0.05) is 36.0 Å². The Morgan fingerprint density at radius 2 is 1.64 bits per heavy atom. The molecule has 5 fully saturated rings. The summed E-state index contributed by atoms with van der Waals surface area (Å²) in [7, 11) is 0. The lowest BCUT2D eigenvalue weighted by Crippen LogP contribution is -2.55. The lowest BCUT2D eigenvalue weighted by atomic mass is 9.49. The van der Waals surface area contributed by atoms with E-state index in [2.05, 4.69) is 12.1 Å². The van der Waals surface area contributed by atoms with Crippen molar-refractivity contribution in [2.45, 2.75) is 113 Å². The van der Waals surface area contributed by atoms with E-state index in [9.17, 15) is 23.4 Å². The van der Waals surface area contributed by atoms with Gasteiger partial charge in [0.25, 0.3) is 0 Å². The molecule has 8 heteroatoms. The van der Waals surface area contributed by atoms with Crippen molar-refractivity contribution >= 4 is 0 Å². The van der Waals surface area contributed by atoms with Crippen LogP contribution in [0, 0.1) is 17.3 Å². The van der Waals surface area contributed by atoms with Crippen LogP contribution in [0.5, 0.6) is 0 Å². The van der Waals surface area contributed by atoms with Crippen LogP contribution in [-0.4, -0.2) is 53.0 Å². The van der Waals surface area contributed by atoms with Gasteiger partial charge < -0.3 is 24.4 Å². The van der Waals surface area contributed by atoms with Crippen LogP contribution in [0.15, 0.2) is 47.6 Å². The fraction of sp³-hybridized carbons (Fsp3) is 0.706. The molecule has 0 bridgehead atoms. The van der Waals surface area contributed by atoms with Crippen LogP contribution in [-0.2, 0) is 20.0 Å². The molecule has 4 aliphatic carbocycles. The molecule has 0 radical (unpaired) electrons. The summed E-state index contributed by atoms with van der Waals surface area (Å²) in [6.07, 6.45) is 3.94. The van der Waals surface area contributed by atoms with Gasteiger partial charge in [-0.25, -0.2) is 0 Å². The smallest absolute Gasteiger partial charge is 0.385 e. The van der Waals surface area contributed by atoms with Crippen molar-refractivity contribution in [1.29, 1.82) is 0 Å². The normalized spacial score (nSPS) is 43.2. The first-order valence-electron chi connectivity index (χ1n) is 15.8. The molecule has 7 atom stereocenters. The molecular formula is C34H43F3O5. The summed E-state index contributed by atoms with van der Waals surface area (Å²) < 4.78 is 58.0. The number of halogens is 3. The van der Waals surface area contributed by atoms with E-state index < -0.39 is 28.6 Å². The summed E-state index contributed by atoms with van der Waals surface area (Å²) in [5.41, 5.74) is 0.911. The summed E-state index contributed by atoms with van der Waals surface area (Å²) >= 11 is 0. The first-order valence-corrected chi connectivity index (χ1v) is 15.8. The van der Waals surface area contributed by atoms with Crippen LogP contribution in [0.4, 0.5) is 13.2 Å². The van der Waals surface area contributed by atoms with Crippen LogP contribution in [0.2, 0.25) is 0 Å². The summed E-state index contributed by atoms with van der Waals surface area (Å²) in [6.45, 7) is 5.73. The maximum atomic E-state index is 13.3. The number of alkyl halides is 3. The van der Waals surface area contributed by atoms with Gasteiger partial charge in [0.15, 0.2) is 5.79 Å². The second-order valence-corrected chi connectivity index (χ2v) is 14.3. The highest BCUT2D eigenvalue weighted by molar-refractivity contribution is 5.45. The van der Waals surface area contributed by atoms with Gasteiger partial charge in [-0.05, 0) is 93.8 Å². The Kier molecular flexibility index (Phi) is 6.66. The van der Waals surface area contributed by atoms with Crippen LogP contribution in [0.3, 0.4) is 0 Å². The van der Waals surface area contributed by atoms with E-state index in [1.165, 1.54) is 5.57 Å². The minimum atomic E-state index is -4.48. The van der Waals surface area contributed by atoms with Gasteiger partial charge in [-0.1, -0.05) is 36.8 Å². The van der Waals surface area contributed by atoms with Crippen molar-refractivity contribution in [3.63, 3.8) is 0 Å². The van der Waals surface area contributed by atoms with Crippen LogP contribution < -0.4 is 0 Å². The Hall–Kier alpha value is -1.71. The molecule has 6 aliphatic rings. The number of ether oxygens (including phenoxy) is 3. The maximum Gasteiger partial charge on any atom is 0.409 e. The van der Waals surface area contributed by atoms with E-state index in [-0.39, 0.29) is 29.4 Å². The second kappa shape index (κ2) is 9.64. The lowest BCUT2D eigenvalue weighted by molar-refractivity contribution is -0.149. The molecular weight excluding hydrogens is 545 g/mol. The molecule has 230 valence electrons. The number of fused-ring (bicyclic) bond motifs is 4. The van der Waals surface area contributed by atoms with Crippen molar-refractivity contribution in [2.24, 2.45) is 17.3 Å². The number of aliphatic hydroxyl groups is 2. The topological polar surface area (TPSA) is 68.2 Å². The predicted octanol–water partition coefficient (Wildman–Crippen LogP) is 6.83. The fourth-order valence-corrected chi connectivity index (χ4v) is 10.0. The monoisotopic (exact) mass is 588 g/mol. The van der Waals surface area contributed by atoms with E-state index in [0.717, 1.165) is 61.5 Å². The number of allylic oxidation sites excluding steroid dienone is 2. The van der Waals surface area contributed by atoms with E-state index in [1.807, 2.05) is 26.0 Å². The third-order valence-electron chi connectivity index (χ3n) is 12.2. The summed E-state index contributed by atoms with van der Waals surface area (Å²) in [6, 6.07) is 8.22. The fourth-order valence-electron chi connectivity index (χ4n) is 10.0. The molecule has 2 aliphatic heterocycles. The molecule has 1 spiro atoms. The van der Waals surface area contributed by atoms with E-state index >= 15 is 0 Å². The number of hydrogen-bond acceptors (Lipinski definition) is 5. The first kappa shape index (κ1) is 29.0. The van der Waals surface area contributed by atoms with E-state index in [1.54, 1.807) is 0 Å². The van der Waals surface area contributed by atoms with Gasteiger partial charge >= 0.3 is 6.18 Å². The quantitative estimate of drug-likeness (QED) is 0.379. The Morgan fingerprint density at radius 3 is 2.31 bits per heavy atom. The average molecular weight is 589 g/mol. The van der Waals surface area contributed by atoms with Gasteiger partial charge in [-0.15, -0.1) is 0 Å². The zero-order valence-electron chi connectivity index (χ0n) is 24.6. The van der Waals surface area contributed by atoms with Gasteiger partial charge in [-0.2, -0.15) is 13.2 Å². The zero-order chi connectivity index (χ0) is 29.6. The Labute approximate surface area is 246 Å². The minimum absolute atomic E-state index is 0.0424. The molecule has 0 aromatic heterocycles. The van der Waals surface area contributed by atoms with Crippen LogP contribution >= 0.6 is 0 Å². The molecule has 1 aromatic rings. The van der Waals surface area contributed by atoms with Gasteiger partial charge in [0.2, 0.25) is 0 Å².